The maximum atomic E-state index is 12.4. The topological polar surface area (TPSA) is 58.6 Å². The predicted molar refractivity (Wildman–Crippen MR) is 98.5 cm³/mol. The molecule has 0 saturated carbocycles. The van der Waals surface area contributed by atoms with Crippen LogP contribution in [-0.4, -0.2) is 43.0 Å². The van der Waals surface area contributed by atoms with Crippen LogP contribution >= 0.6 is 0 Å². The summed E-state index contributed by atoms with van der Waals surface area (Å²) in [5.74, 6) is 1.08. The Morgan fingerprint density at radius 1 is 1.24 bits per heavy atom. The van der Waals surface area contributed by atoms with Gasteiger partial charge in [0, 0.05) is 31.0 Å². The summed E-state index contributed by atoms with van der Waals surface area (Å²) in [7, 11) is 1.65. The lowest BCUT2D eigenvalue weighted by atomic mass is 9.94. The van der Waals surface area contributed by atoms with Crippen LogP contribution in [0.5, 0.6) is 5.75 Å². The first-order valence-electron chi connectivity index (χ1n) is 9.01. The molecule has 5 heteroatoms. The van der Waals surface area contributed by atoms with E-state index in [1.165, 1.54) is 0 Å². The van der Waals surface area contributed by atoms with E-state index < -0.39 is 0 Å². The highest BCUT2D eigenvalue weighted by Crippen LogP contribution is 2.18. The zero-order chi connectivity index (χ0) is 18.4. The maximum Gasteiger partial charge on any atom is 0.225 e. The summed E-state index contributed by atoms with van der Waals surface area (Å²) in [6.07, 6.45) is 2.88. The molecule has 0 aliphatic carbocycles. The fourth-order valence-electron chi connectivity index (χ4n) is 2.91. The third-order valence-electron chi connectivity index (χ3n) is 4.63. The van der Waals surface area contributed by atoms with Gasteiger partial charge in [0.15, 0.2) is 0 Å². The van der Waals surface area contributed by atoms with E-state index in [0.29, 0.717) is 19.5 Å². The van der Waals surface area contributed by atoms with Gasteiger partial charge in [0.1, 0.15) is 5.75 Å². The van der Waals surface area contributed by atoms with E-state index >= 15 is 0 Å². The number of nitrogens with one attached hydrogen (secondary N) is 1. The molecule has 0 spiro atoms. The van der Waals surface area contributed by atoms with Crippen molar-refractivity contribution in [3.8, 4) is 5.75 Å². The summed E-state index contributed by atoms with van der Waals surface area (Å²) in [5, 5.41) is 3.10. The molecule has 1 fully saturated rings. The molecule has 1 aromatic carbocycles. The number of benzene rings is 1. The monoisotopic (exact) mass is 346 g/mol. The lowest BCUT2D eigenvalue weighted by Crippen LogP contribution is -2.49. The van der Waals surface area contributed by atoms with E-state index in [1.54, 1.807) is 7.11 Å². The average molecular weight is 346 g/mol. The second kappa shape index (κ2) is 8.37. The molecule has 0 unspecified atom stereocenters. The molecule has 1 aliphatic rings. The summed E-state index contributed by atoms with van der Waals surface area (Å²) in [5.41, 5.74) is 0.740. The van der Waals surface area contributed by atoms with Crippen molar-refractivity contribution in [3.05, 3.63) is 29.8 Å². The minimum absolute atomic E-state index is 0.0790. The van der Waals surface area contributed by atoms with Gasteiger partial charge in [-0.25, -0.2) is 0 Å². The molecule has 1 aromatic rings. The smallest absolute Gasteiger partial charge is 0.225 e. The van der Waals surface area contributed by atoms with Gasteiger partial charge in [0.25, 0.3) is 0 Å². The van der Waals surface area contributed by atoms with Crippen molar-refractivity contribution in [2.45, 2.75) is 52.5 Å². The molecule has 25 heavy (non-hydrogen) atoms. The molecule has 0 atom stereocenters. The first-order chi connectivity index (χ1) is 11.8. The van der Waals surface area contributed by atoms with Crippen LogP contribution in [-0.2, 0) is 16.0 Å². The lowest BCUT2D eigenvalue weighted by Gasteiger charge is -2.33. The van der Waals surface area contributed by atoms with Crippen molar-refractivity contribution >= 4 is 11.8 Å². The Morgan fingerprint density at radius 2 is 1.92 bits per heavy atom. The number of methoxy groups -OCH3 is 1. The van der Waals surface area contributed by atoms with Crippen molar-refractivity contribution in [2.75, 3.05) is 20.2 Å². The average Bonchev–Trinajstić information content (AvgIpc) is 2.59. The van der Waals surface area contributed by atoms with Crippen LogP contribution in [0.4, 0.5) is 0 Å². The van der Waals surface area contributed by atoms with Crippen LogP contribution in [0.3, 0.4) is 0 Å². The van der Waals surface area contributed by atoms with E-state index in [1.807, 2.05) is 49.9 Å². The van der Waals surface area contributed by atoms with Crippen LogP contribution < -0.4 is 10.1 Å². The molecular weight excluding hydrogens is 316 g/mol. The minimum atomic E-state index is -0.371. The highest BCUT2D eigenvalue weighted by Gasteiger charge is 2.27. The molecule has 2 rings (SSSR count). The highest BCUT2D eigenvalue weighted by molar-refractivity contribution is 5.81. The lowest BCUT2D eigenvalue weighted by molar-refractivity contribution is -0.132. The van der Waals surface area contributed by atoms with Gasteiger partial charge in [-0.1, -0.05) is 32.9 Å². The van der Waals surface area contributed by atoms with Gasteiger partial charge in [-0.15, -0.1) is 0 Å². The Bertz CT molecular complexity index is 599. The molecule has 1 heterocycles. The van der Waals surface area contributed by atoms with E-state index in [-0.39, 0.29) is 23.3 Å². The Balaban J connectivity index is 1.76. The van der Waals surface area contributed by atoms with E-state index in [9.17, 15) is 9.59 Å². The molecule has 5 nitrogen and oxygen atoms in total. The number of ether oxygens (including phenoxy) is 1. The quantitative estimate of drug-likeness (QED) is 0.892. The molecule has 138 valence electrons. The van der Waals surface area contributed by atoms with Gasteiger partial charge in [-0.2, -0.15) is 0 Å². The normalized spacial score (nSPS) is 15.8. The van der Waals surface area contributed by atoms with Gasteiger partial charge in [0.2, 0.25) is 11.8 Å². The van der Waals surface area contributed by atoms with Gasteiger partial charge >= 0.3 is 0 Å². The standard InChI is InChI=1S/C20H30N2O3/c1-20(2,3)19(24)21-16-10-12-22(13-11-16)18(23)9-8-15-6-5-7-17(14-15)25-4/h5-7,14,16H,8-13H2,1-4H3,(H,21,24). The third kappa shape index (κ3) is 5.76. The highest BCUT2D eigenvalue weighted by atomic mass is 16.5. The Kier molecular flexibility index (Phi) is 6.45. The number of amides is 2. The summed E-state index contributed by atoms with van der Waals surface area (Å²) >= 11 is 0. The molecule has 1 N–H and O–H groups in total. The van der Waals surface area contributed by atoms with Crippen LogP contribution in [0.1, 0.15) is 45.6 Å². The number of nitrogens with zero attached hydrogens (tertiary/aromatic N) is 1. The second-order valence-corrected chi connectivity index (χ2v) is 7.73. The molecule has 1 saturated heterocycles. The van der Waals surface area contributed by atoms with Crippen molar-refractivity contribution in [2.24, 2.45) is 5.41 Å². The number of piperidine rings is 1. The molecule has 0 aromatic heterocycles. The number of likely N-dealkylation sites (tertiary alicyclic amines) is 1. The third-order valence-corrected chi connectivity index (χ3v) is 4.63. The summed E-state index contributed by atoms with van der Waals surface area (Å²) in [6.45, 7) is 7.18. The summed E-state index contributed by atoms with van der Waals surface area (Å²) < 4.78 is 5.22. The SMILES string of the molecule is COc1cccc(CCC(=O)N2CCC(NC(=O)C(C)(C)C)CC2)c1. The van der Waals surface area contributed by atoms with Crippen molar-refractivity contribution in [1.82, 2.24) is 10.2 Å². The summed E-state index contributed by atoms with van der Waals surface area (Å²) in [6, 6.07) is 8.02. The van der Waals surface area contributed by atoms with Crippen molar-refractivity contribution in [3.63, 3.8) is 0 Å². The predicted octanol–water partition coefficient (Wildman–Crippen LogP) is 2.78. The number of aryl methyl sites for hydroxylation is 1. The van der Waals surface area contributed by atoms with Crippen molar-refractivity contribution < 1.29 is 14.3 Å². The second-order valence-electron chi connectivity index (χ2n) is 7.73. The van der Waals surface area contributed by atoms with Gasteiger partial charge < -0.3 is 15.0 Å². The minimum Gasteiger partial charge on any atom is -0.497 e. The zero-order valence-corrected chi connectivity index (χ0v) is 15.8. The number of carbonyl (C=O) groups excluding carboxylic acids is 2. The fraction of sp³-hybridized carbons (Fsp3) is 0.600. The first-order valence-corrected chi connectivity index (χ1v) is 9.01. The maximum absolute atomic E-state index is 12.4. The van der Waals surface area contributed by atoms with Gasteiger partial charge in [-0.3, -0.25) is 9.59 Å². The number of hydrogen-bond donors (Lipinski definition) is 1. The van der Waals surface area contributed by atoms with Crippen LogP contribution in [0, 0.1) is 5.41 Å². The molecule has 0 radical (unpaired) electrons. The Morgan fingerprint density at radius 3 is 2.52 bits per heavy atom. The Hall–Kier alpha value is -2.04. The summed E-state index contributed by atoms with van der Waals surface area (Å²) in [4.78, 5) is 26.4. The van der Waals surface area contributed by atoms with E-state index in [4.69, 9.17) is 4.74 Å². The van der Waals surface area contributed by atoms with Crippen molar-refractivity contribution in [1.29, 1.82) is 0 Å². The Labute approximate surface area is 150 Å². The molecular formula is C20H30N2O3. The number of rotatable bonds is 5. The van der Waals surface area contributed by atoms with Crippen LogP contribution in [0.25, 0.3) is 0 Å². The van der Waals surface area contributed by atoms with Crippen LogP contribution in [0.15, 0.2) is 24.3 Å². The van der Waals surface area contributed by atoms with E-state index in [2.05, 4.69) is 5.32 Å². The molecule has 1 aliphatic heterocycles. The van der Waals surface area contributed by atoms with E-state index in [0.717, 1.165) is 30.6 Å². The van der Waals surface area contributed by atoms with Gasteiger partial charge in [0.05, 0.1) is 7.11 Å². The number of hydrogen-bond acceptors (Lipinski definition) is 3. The largest absolute Gasteiger partial charge is 0.497 e. The zero-order valence-electron chi connectivity index (χ0n) is 15.8. The van der Waals surface area contributed by atoms with Gasteiger partial charge in [-0.05, 0) is 37.0 Å². The molecule has 0 bridgehead atoms. The molecule has 2 amide bonds. The first kappa shape index (κ1) is 19.3. The van der Waals surface area contributed by atoms with Crippen LogP contribution in [0.2, 0.25) is 0 Å². The number of carbonyl (C=O) groups is 2. The fourth-order valence-corrected chi connectivity index (χ4v) is 2.91.